The van der Waals surface area contributed by atoms with E-state index in [1.165, 1.54) is 4.31 Å². The van der Waals surface area contributed by atoms with Crippen molar-refractivity contribution in [1.82, 2.24) is 0 Å². The molecule has 9 heteroatoms. The van der Waals surface area contributed by atoms with Crippen molar-refractivity contribution < 1.29 is 17.9 Å². The van der Waals surface area contributed by atoms with E-state index in [9.17, 15) is 13.2 Å². The number of ether oxygens (including phenoxy) is 1. The van der Waals surface area contributed by atoms with Gasteiger partial charge in [-0.05, 0) is 49.4 Å². The molecule has 2 rings (SSSR count). The molecule has 0 aromatic heterocycles. The molecular weight excluding hydrogens is 399 g/mol. The van der Waals surface area contributed by atoms with Gasteiger partial charge in [0.15, 0.2) is 6.61 Å². The van der Waals surface area contributed by atoms with Gasteiger partial charge in [0.2, 0.25) is 10.0 Å². The van der Waals surface area contributed by atoms with Crippen LogP contribution in [0.1, 0.15) is 6.92 Å². The molecule has 0 heterocycles. The first-order valence-electron chi connectivity index (χ1n) is 7.66. The molecule has 0 bridgehead atoms. The normalized spacial score (nSPS) is 11.1. The van der Waals surface area contributed by atoms with Crippen LogP contribution in [0.2, 0.25) is 10.0 Å². The van der Waals surface area contributed by atoms with Gasteiger partial charge in [0, 0.05) is 12.2 Å². The molecule has 0 aliphatic carbocycles. The van der Waals surface area contributed by atoms with Crippen LogP contribution in [0.4, 0.5) is 11.4 Å². The standard InChI is InChI=1S/C17H18Cl2N2O4S/c1-3-21(26(2,23)24)13-5-7-14(8-6-13)25-11-17(22)20-12-4-9-15(18)16(19)10-12/h4-10H,3,11H2,1-2H3,(H,20,22). The van der Waals surface area contributed by atoms with Crippen molar-refractivity contribution in [2.75, 3.05) is 29.0 Å². The quantitative estimate of drug-likeness (QED) is 0.744. The van der Waals surface area contributed by atoms with Gasteiger partial charge < -0.3 is 10.1 Å². The molecule has 0 spiro atoms. The minimum Gasteiger partial charge on any atom is -0.484 e. The molecule has 0 saturated heterocycles. The molecule has 1 N–H and O–H groups in total. The summed E-state index contributed by atoms with van der Waals surface area (Å²) in [7, 11) is -3.34. The minimum atomic E-state index is -3.34. The number of benzene rings is 2. The number of carbonyl (C=O) groups excluding carboxylic acids is 1. The lowest BCUT2D eigenvalue weighted by Gasteiger charge is -2.20. The first-order valence-corrected chi connectivity index (χ1v) is 10.3. The van der Waals surface area contributed by atoms with E-state index >= 15 is 0 Å². The molecule has 6 nitrogen and oxygen atoms in total. The summed E-state index contributed by atoms with van der Waals surface area (Å²) < 4.78 is 30.1. The van der Waals surface area contributed by atoms with Gasteiger partial charge in [-0.15, -0.1) is 0 Å². The number of nitrogens with zero attached hydrogens (tertiary/aromatic N) is 1. The molecule has 0 fully saturated rings. The van der Waals surface area contributed by atoms with E-state index in [0.717, 1.165) is 6.26 Å². The highest BCUT2D eigenvalue weighted by Gasteiger charge is 2.15. The number of rotatable bonds is 7. The number of hydrogen-bond acceptors (Lipinski definition) is 4. The fraction of sp³-hybridized carbons (Fsp3) is 0.235. The Hall–Kier alpha value is -1.96. The summed E-state index contributed by atoms with van der Waals surface area (Å²) in [5.41, 5.74) is 1.04. The van der Waals surface area contributed by atoms with E-state index < -0.39 is 10.0 Å². The molecule has 0 saturated carbocycles. The van der Waals surface area contributed by atoms with E-state index in [4.69, 9.17) is 27.9 Å². The molecule has 2 aromatic rings. The van der Waals surface area contributed by atoms with Gasteiger partial charge >= 0.3 is 0 Å². The maximum absolute atomic E-state index is 11.9. The zero-order valence-electron chi connectivity index (χ0n) is 14.2. The van der Waals surface area contributed by atoms with Crippen LogP contribution < -0.4 is 14.4 Å². The van der Waals surface area contributed by atoms with Crippen LogP contribution in [-0.4, -0.2) is 33.7 Å². The lowest BCUT2D eigenvalue weighted by atomic mass is 10.3. The molecule has 0 unspecified atom stereocenters. The van der Waals surface area contributed by atoms with E-state index in [1.807, 2.05) is 0 Å². The fourth-order valence-corrected chi connectivity index (χ4v) is 3.51. The Morgan fingerprint density at radius 1 is 1.12 bits per heavy atom. The third-order valence-corrected chi connectivity index (χ3v) is 5.39. The Labute approximate surface area is 162 Å². The molecule has 140 valence electrons. The Bertz CT molecular complexity index is 886. The Morgan fingerprint density at radius 2 is 1.77 bits per heavy atom. The van der Waals surface area contributed by atoms with Crippen molar-refractivity contribution in [3.63, 3.8) is 0 Å². The fourth-order valence-electron chi connectivity index (χ4n) is 2.24. The van der Waals surface area contributed by atoms with Crippen LogP contribution in [0.25, 0.3) is 0 Å². The number of carbonyl (C=O) groups is 1. The van der Waals surface area contributed by atoms with Crippen molar-refractivity contribution >= 4 is 50.5 Å². The first kappa shape index (κ1) is 20.4. The second-order valence-electron chi connectivity index (χ2n) is 5.39. The van der Waals surface area contributed by atoms with Crippen LogP contribution in [0.3, 0.4) is 0 Å². The number of hydrogen-bond donors (Lipinski definition) is 1. The SMILES string of the molecule is CCN(c1ccc(OCC(=O)Nc2ccc(Cl)c(Cl)c2)cc1)S(C)(=O)=O. The summed E-state index contributed by atoms with van der Waals surface area (Å²) in [6, 6.07) is 11.2. The average molecular weight is 417 g/mol. The maximum atomic E-state index is 11.9. The molecule has 1 amide bonds. The van der Waals surface area contributed by atoms with E-state index in [0.29, 0.717) is 33.7 Å². The molecule has 2 aromatic carbocycles. The number of anilines is 2. The van der Waals surface area contributed by atoms with Crippen LogP contribution in [-0.2, 0) is 14.8 Å². The lowest BCUT2D eigenvalue weighted by molar-refractivity contribution is -0.118. The molecule has 0 aliphatic heterocycles. The summed E-state index contributed by atoms with van der Waals surface area (Å²) in [6.45, 7) is 1.87. The number of amides is 1. The van der Waals surface area contributed by atoms with Crippen molar-refractivity contribution in [3.05, 3.63) is 52.5 Å². The maximum Gasteiger partial charge on any atom is 0.262 e. The second-order valence-corrected chi connectivity index (χ2v) is 8.11. The summed E-state index contributed by atoms with van der Waals surface area (Å²) in [6.07, 6.45) is 1.15. The van der Waals surface area contributed by atoms with Crippen LogP contribution in [0.15, 0.2) is 42.5 Å². The highest BCUT2D eigenvalue weighted by molar-refractivity contribution is 7.92. The highest BCUT2D eigenvalue weighted by Crippen LogP contribution is 2.25. The summed E-state index contributed by atoms with van der Waals surface area (Å²) in [4.78, 5) is 11.9. The van der Waals surface area contributed by atoms with Crippen LogP contribution >= 0.6 is 23.2 Å². The summed E-state index contributed by atoms with van der Waals surface area (Å²) in [5.74, 6) is 0.0846. The van der Waals surface area contributed by atoms with Crippen molar-refractivity contribution in [3.8, 4) is 5.75 Å². The topological polar surface area (TPSA) is 75.7 Å². The predicted molar refractivity (Wildman–Crippen MR) is 105 cm³/mol. The van der Waals surface area contributed by atoms with Gasteiger partial charge in [-0.3, -0.25) is 9.10 Å². The van der Waals surface area contributed by atoms with Crippen LogP contribution in [0, 0.1) is 0 Å². The minimum absolute atomic E-state index is 0.205. The third kappa shape index (κ3) is 5.52. The number of halogens is 2. The summed E-state index contributed by atoms with van der Waals surface area (Å²) >= 11 is 11.7. The largest absolute Gasteiger partial charge is 0.484 e. The molecule has 0 atom stereocenters. The monoisotopic (exact) mass is 416 g/mol. The van der Waals surface area contributed by atoms with Gasteiger partial charge in [0.1, 0.15) is 5.75 Å². The lowest BCUT2D eigenvalue weighted by Crippen LogP contribution is -2.29. The van der Waals surface area contributed by atoms with E-state index in [2.05, 4.69) is 5.32 Å². The Morgan fingerprint density at radius 3 is 2.31 bits per heavy atom. The predicted octanol–water partition coefficient (Wildman–Crippen LogP) is 3.80. The third-order valence-electron chi connectivity index (χ3n) is 3.39. The number of nitrogens with one attached hydrogen (secondary N) is 1. The van der Waals surface area contributed by atoms with Gasteiger partial charge in [-0.2, -0.15) is 0 Å². The smallest absolute Gasteiger partial charge is 0.262 e. The highest BCUT2D eigenvalue weighted by atomic mass is 35.5. The van der Waals surface area contributed by atoms with Crippen molar-refractivity contribution in [2.45, 2.75) is 6.92 Å². The average Bonchev–Trinajstić information content (AvgIpc) is 2.57. The second kappa shape index (κ2) is 8.62. The molecule has 0 radical (unpaired) electrons. The van der Waals surface area contributed by atoms with Crippen molar-refractivity contribution in [1.29, 1.82) is 0 Å². The molecular formula is C17H18Cl2N2O4S. The van der Waals surface area contributed by atoms with Gasteiger partial charge in [0.05, 0.1) is 22.0 Å². The number of sulfonamides is 1. The Balaban J connectivity index is 1.95. The van der Waals surface area contributed by atoms with E-state index in [1.54, 1.807) is 49.4 Å². The van der Waals surface area contributed by atoms with Gasteiger partial charge in [-0.1, -0.05) is 23.2 Å². The van der Waals surface area contributed by atoms with E-state index in [-0.39, 0.29) is 12.5 Å². The van der Waals surface area contributed by atoms with Gasteiger partial charge in [-0.25, -0.2) is 8.42 Å². The first-order chi connectivity index (χ1) is 12.2. The van der Waals surface area contributed by atoms with Gasteiger partial charge in [0.25, 0.3) is 5.91 Å². The zero-order valence-corrected chi connectivity index (χ0v) is 16.5. The molecule has 26 heavy (non-hydrogen) atoms. The van der Waals surface area contributed by atoms with Crippen LogP contribution in [0.5, 0.6) is 5.75 Å². The summed E-state index contributed by atoms with van der Waals surface area (Å²) in [5, 5.41) is 3.38. The Kier molecular flexibility index (Phi) is 6.75. The van der Waals surface area contributed by atoms with Crippen molar-refractivity contribution in [2.24, 2.45) is 0 Å². The zero-order chi connectivity index (χ0) is 19.3. The molecule has 0 aliphatic rings.